The molecule has 0 saturated heterocycles. The van der Waals surface area contributed by atoms with Crippen LogP contribution in [0, 0.1) is 0 Å². The van der Waals surface area contributed by atoms with Crippen LogP contribution in [0.4, 0.5) is 5.69 Å². The van der Waals surface area contributed by atoms with E-state index >= 15 is 0 Å². The van der Waals surface area contributed by atoms with E-state index < -0.39 is 0 Å². The summed E-state index contributed by atoms with van der Waals surface area (Å²) >= 11 is 0. The zero-order valence-corrected chi connectivity index (χ0v) is 11.3. The van der Waals surface area contributed by atoms with E-state index in [0.717, 1.165) is 22.0 Å². The van der Waals surface area contributed by atoms with Gasteiger partial charge in [-0.2, -0.15) is 0 Å². The van der Waals surface area contributed by atoms with Gasteiger partial charge in [0, 0.05) is 18.3 Å². The second-order valence-corrected chi connectivity index (χ2v) is 4.73. The topological polar surface area (TPSA) is 20.3 Å². The Kier molecular flexibility index (Phi) is 3.21. The minimum Gasteiger partial charge on any atom is -0.311 e. The van der Waals surface area contributed by atoms with Gasteiger partial charge in [-0.15, -0.1) is 0 Å². The molecule has 1 amide bonds. The lowest BCUT2D eigenvalue weighted by molar-refractivity contribution is 0.0994. The maximum atomic E-state index is 12.7. The summed E-state index contributed by atoms with van der Waals surface area (Å²) in [7, 11) is 1.80. The summed E-state index contributed by atoms with van der Waals surface area (Å²) in [5, 5.41) is 2.07. The second-order valence-electron chi connectivity index (χ2n) is 4.73. The van der Waals surface area contributed by atoms with Gasteiger partial charge < -0.3 is 4.90 Å². The summed E-state index contributed by atoms with van der Waals surface area (Å²) in [6, 6.07) is 23.5. The third-order valence-electron chi connectivity index (χ3n) is 3.47. The van der Waals surface area contributed by atoms with Crippen LogP contribution in [0.15, 0.2) is 72.8 Å². The summed E-state index contributed by atoms with van der Waals surface area (Å²) in [6.07, 6.45) is 0. The van der Waals surface area contributed by atoms with Crippen molar-refractivity contribution < 1.29 is 4.79 Å². The first-order valence-electron chi connectivity index (χ1n) is 6.58. The van der Waals surface area contributed by atoms with Crippen molar-refractivity contribution in [2.24, 2.45) is 0 Å². The van der Waals surface area contributed by atoms with E-state index in [4.69, 9.17) is 0 Å². The molecule has 2 heteroatoms. The van der Waals surface area contributed by atoms with Gasteiger partial charge in [0.25, 0.3) is 5.91 Å². The predicted octanol–water partition coefficient (Wildman–Crippen LogP) is 4.12. The Morgan fingerprint density at radius 1 is 0.800 bits per heavy atom. The van der Waals surface area contributed by atoms with Gasteiger partial charge in [-0.1, -0.05) is 54.6 Å². The van der Waals surface area contributed by atoms with E-state index in [-0.39, 0.29) is 5.91 Å². The fourth-order valence-corrected chi connectivity index (χ4v) is 2.36. The van der Waals surface area contributed by atoms with Crippen molar-refractivity contribution in [3.8, 4) is 0 Å². The predicted molar refractivity (Wildman–Crippen MR) is 83.1 cm³/mol. The molecule has 0 aliphatic heterocycles. The molecular formula is C18H15NO. The van der Waals surface area contributed by atoms with Crippen LogP contribution in [-0.2, 0) is 0 Å². The van der Waals surface area contributed by atoms with Crippen molar-refractivity contribution >= 4 is 22.4 Å². The second kappa shape index (κ2) is 5.17. The van der Waals surface area contributed by atoms with Crippen LogP contribution in [0.25, 0.3) is 10.8 Å². The zero-order valence-electron chi connectivity index (χ0n) is 11.3. The molecule has 0 radical (unpaired) electrons. The molecule has 0 heterocycles. The van der Waals surface area contributed by atoms with Crippen molar-refractivity contribution in [3.63, 3.8) is 0 Å². The van der Waals surface area contributed by atoms with Crippen LogP contribution in [0.1, 0.15) is 10.4 Å². The molecule has 0 spiro atoms. The third-order valence-corrected chi connectivity index (χ3v) is 3.47. The Morgan fingerprint density at radius 2 is 1.45 bits per heavy atom. The van der Waals surface area contributed by atoms with Gasteiger partial charge in [0.2, 0.25) is 0 Å². The van der Waals surface area contributed by atoms with E-state index in [0.29, 0.717) is 0 Å². The van der Waals surface area contributed by atoms with Crippen LogP contribution >= 0.6 is 0 Å². The van der Waals surface area contributed by atoms with Crippen molar-refractivity contribution in [3.05, 3.63) is 78.4 Å². The molecule has 0 aliphatic rings. The minimum atomic E-state index is 0.00741. The molecular weight excluding hydrogens is 246 g/mol. The van der Waals surface area contributed by atoms with Crippen LogP contribution in [-0.4, -0.2) is 13.0 Å². The molecule has 20 heavy (non-hydrogen) atoms. The molecule has 2 nitrogen and oxygen atoms in total. The normalized spacial score (nSPS) is 10.4. The van der Waals surface area contributed by atoms with Crippen LogP contribution < -0.4 is 4.90 Å². The molecule has 0 saturated carbocycles. The smallest absolute Gasteiger partial charge is 0.258 e. The fourth-order valence-electron chi connectivity index (χ4n) is 2.36. The van der Waals surface area contributed by atoms with Crippen molar-refractivity contribution in [2.75, 3.05) is 11.9 Å². The van der Waals surface area contributed by atoms with Gasteiger partial charge in [-0.3, -0.25) is 4.79 Å². The van der Waals surface area contributed by atoms with Gasteiger partial charge in [-0.05, 0) is 29.0 Å². The Balaban J connectivity index is 2.05. The largest absolute Gasteiger partial charge is 0.311 e. The number of hydrogen-bond acceptors (Lipinski definition) is 1. The van der Waals surface area contributed by atoms with E-state index in [9.17, 15) is 4.79 Å². The first-order valence-corrected chi connectivity index (χ1v) is 6.58. The summed E-state index contributed by atoms with van der Waals surface area (Å²) in [5.41, 5.74) is 1.62. The standard InChI is InChI=1S/C18H15NO/c1-19(15-10-3-2-4-11-15)18(20)17-13-7-9-14-8-5-6-12-16(14)17/h2-13H,1H3. The number of rotatable bonds is 2. The molecule has 98 valence electrons. The highest BCUT2D eigenvalue weighted by Gasteiger charge is 2.15. The third kappa shape index (κ3) is 2.16. The molecule has 0 fully saturated rings. The highest BCUT2D eigenvalue weighted by Crippen LogP contribution is 2.22. The summed E-state index contributed by atoms with van der Waals surface area (Å²) < 4.78 is 0. The number of anilines is 1. The number of fused-ring (bicyclic) bond motifs is 1. The van der Waals surface area contributed by atoms with Gasteiger partial charge >= 0.3 is 0 Å². The molecule has 0 aromatic heterocycles. The average Bonchev–Trinajstić information content (AvgIpc) is 2.54. The Bertz CT molecular complexity index is 744. The summed E-state index contributed by atoms with van der Waals surface area (Å²) in [4.78, 5) is 14.4. The van der Waals surface area contributed by atoms with Crippen LogP contribution in [0.2, 0.25) is 0 Å². The summed E-state index contributed by atoms with van der Waals surface area (Å²) in [5.74, 6) is 0.00741. The molecule has 3 rings (SSSR count). The minimum absolute atomic E-state index is 0.00741. The van der Waals surface area contributed by atoms with Gasteiger partial charge in [0.1, 0.15) is 0 Å². The summed E-state index contributed by atoms with van der Waals surface area (Å²) in [6.45, 7) is 0. The first-order chi connectivity index (χ1) is 9.77. The quantitative estimate of drug-likeness (QED) is 0.679. The highest BCUT2D eigenvalue weighted by molar-refractivity contribution is 6.13. The maximum Gasteiger partial charge on any atom is 0.258 e. The van der Waals surface area contributed by atoms with Gasteiger partial charge in [-0.25, -0.2) is 0 Å². The van der Waals surface area contributed by atoms with Gasteiger partial charge in [0.15, 0.2) is 0 Å². The van der Waals surface area contributed by atoms with Gasteiger partial charge in [0.05, 0.1) is 0 Å². The Hall–Kier alpha value is -2.61. The molecule has 0 N–H and O–H groups in total. The lowest BCUT2D eigenvalue weighted by atomic mass is 10.0. The maximum absolute atomic E-state index is 12.7. The number of amides is 1. The van der Waals surface area contributed by atoms with Crippen LogP contribution in [0.3, 0.4) is 0 Å². The average molecular weight is 261 g/mol. The van der Waals surface area contributed by atoms with E-state index in [2.05, 4.69) is 0 Å². The van der Waals surface area contributed by atoms with E-state index in [1.54, 1.807) is 11.9 Å². The number of hydrogen-bond donors (Lipinski definition) is 0. The van der Waals surface area contributed by atoms with Crippen molar-refractivity contribution in [2.45, 2.75) is 0 Å². The SMILES string of the molecule is CN(C(=O)c1cccc2ccccc12)c1ccccc1. The lowest BCUT2D eigenvalue weighted by Gasteiger charge is -2.18. The van der Waals surface area contributed by atoms with Crippen molar-refractivity contribution in [1.29, 1.82) is 0 Å². The van der Waals surface area contributed by atoms with E-state index in [1.165, 1.54) is 0 Å². The molecule has 3 aromatic rings. The molecule has 0 aliphatic carbocycles. The highest BCUT2D eigenvalue weighted by atomic mass is 16.2. The number of nitrogens with zero attached hydrogens (tertiary/aromatic N) is 1. The fraction of sp³-hybridized carbons (Fsp3) is 0.0556. The zero-order chi connectivity index (χ0) is 13.9. The Labute approximate surface area is 118 Å². The van der Waals surface area contributed by atoms with E-state index in [1.807, 2.05) is 72.8 Å². The first kappa shape index (κ1) is 12.4. The Morgan fingerprint density at radius 3 is 2.25 bits per heavy atom. The van der Waals surface area contributed by atoms with Crippen molar-refractivity contribution in [1.82, 2.24) is 0 Å². The molecule has 0 atom stereocenters. The number of carbonyl (C=O) groups excluding carboxylic acids is 1. The molecule has 3 aromatic carbocycles. The number of carbonyl (C=O) groups is 1. The number of benzene rings is 3. The monoisotopic (exact) mass is 261 g/mol. The molecule has 0 unspecified atom stereocenters. The molecule has 0 bridgehead atoms. The lowest BCUT2D eigenvalue weighted by Crippen LogP contribution is -2.26. The number of para-hydroxylation sites is 1. The van der Waals surface area contributed by atoms with Crippen LogP contribution in [0.5, 0.6) is 0 Å².